The summed E-state index contributed by atoms with van der Waals surface area (Å²) < 4.78 is 0. The zero-order valence-electron chi connectivity index (χ0n) is 9.80. The molecule has 6 heteroatoms. The molecule has 1 N–H and O–H groups in total. The number of piperidine rings is 1. The largest absolute Gasteiger partial charge is 0.355 e. The Bertz CT molecular complexity index is 393. The van der Waals surface area contributed by atoms with Crippen LogP contribution in [0.15, 0.2) is 18.3 Å². The number of hydrogen-bond donors (Lipinski definition) is 1. The number of likely N-dealkylation sites (N-methyl/N-ethyl adjacent to an activating group) is 1. The van der Waals surface area contributed by atoms with Gasteiger partial charge in [-0.1, -0.05) is 0 Å². The molecule has 0 radical (unpaired) electrons. The second-order valence-electron chi connectivity index (χ2n) is 4.21. The number of rotatable bonds is 3. The van der Waals surface area contributed by atoms with Crippen LogP contribution in [0, 0.1) is 10.1 Å². The molecule has 1 aliphatic heterocycles. The topological polar surface area (TPSA) is 71.3 Å². The average Bonchev–Trinajstić information content (AvgIpc) is 2.39. The van der Waals surface area contributed by atoms with E-state index in [4.69, 9.17) is 0 Å². The SMILES string of the molecule is CN[C@H]1CCCN(c2ccc([N+](=O)[O-])cn2)C1. The van der Waals surface area contributed by atoms with Crippen molar-refractivity contribution in [3.8, 4) is 0 Å². The molecule has 17 heavy (non-hydrogen) atoms. The van der Waals surface area contributed by atoms with Crippen molar-refractivity contribution in [2.45, 2.75) is 18.9 Å². The van der Waals surface area contributed by atoms with E-state index in [1.807, 2.05) is 7.05 Å². The van der Waals surface area contributed by atoms with E-state index < -0.39 is 4.92 Å². The molecule has 1 atom stereocenters. The van der Waals surface area contributed by atoms with E-state index in [2.05, 4.69) is 15.2 Å². The number of nitrogens with one attached hydrogen (secondary N) is 1. The van der Waals surface area contributed by atoms with Gasteiger partial charge in [-0.25, -0.2) is 4.98 Å². The maximum absolute atomic E-state index is 10.5. The van der Waals surface area contributed by atoms with Crippen LogP contribution in [0.1, 0.15) is 12.8 Å². The van der Waals surface area contributed by atoms with Crippen LogP contribution in [0.5, 0.6) is 0 Å². The highest BCUT2D eigenvalue weighted by molar-refractivity contribution is 5.43. The zero-order valence-corrected chi connectivity index (χ0v) is 9.80. The fourth-order valence-electron chi connectivity index (χ4n) is 2.09. The molecular formula is C11H16N4O2. The summed E-state index contributed by atoms with van der Waals surface area (Å²) in [5.41, 5.74) is 0.0379. The normalized spacial score (nSPS) is 20.3. The number of nitro groups is 1. The Labute approximate surface area is 99.8 Å². The van der Waals surface area contributed by atoms with Crippen molar-refractivity contribution in [3.05, 3.63) is 28.4 Å². The van der Waals surface area contributed by atoms with E-state index in [1.165, 1.54) is 18.7 Å². The molecule has 0 saturated carbocycles. The lowest BCUT2D eigenvalue weighted by atomic mass is 10.1. The fourth-order valence-corrected chi connectivity index (χ4v) is 2.09. The molecule has 0 amide bonds. The van der Waals surface area contributed by atoms with Crippen LogP contribution in [0.25, 0.3) is 0 Å². The summed E-state index contributed by atoms with van der Waals surface area (Å²) in [6.45, 7) is 1.87. The standard InChI is InChI=1S/C11H16N4O2/c1-12-9-3-2-6-14(8-9)11-5-4-10(7-13-11)15(16)17/h4-5,7,9,12H,2-3,6,8H2,1H3/t9-/m0/s1. The fraction of sp³-hybridized carbons (Fsp3) is 0.545. The summed E-state index contributed by atoms with van der Waals surface area (Å²) in [6, 6.07) is 3.70. The second kappa shape index (κ2) is 5.09. The van der Waals surface area contributed by atoms with Gasteiger partial charge in [-0.05, 0) is 26.0 Å². The van der Waals surface area contributed by atoms with Gasteiger partial charge >= 0.3 is 0 Å². The number of hydrogen-bond acceptors (Lipinski definition) is 5. The first-order valence-corrected chi connectivity index (χ1v) is 5.73. The van der Waals surface area contributed by atoms with E-state index in [-0.39, 0.29) is 5.69 Å². The maximum Gasteiger partial charge on any atom is 0.287 e. The molecule has 2 rings (SSSR count). The van der Waals surface area contributed by atoms with Crippen molar-refractivity contribution >= 4 is 11.5 Å². The van der Waals surface area contributed by atoms with Crippen LogP contribution < -0.4 is 10.2 Å². The van der Waals surface area contributed by atoms with Gasteiger partial charge in [0, 0.05) is 25.2 Å². The molecular weight excluding hydrogens is 220 g/mol. The first-order chi connectivity index (χ1) is 8.20. The summed E-state index contributed by atoms with van der Waals surface area (Å²) in [5, 5.41) is 13.8. The third kappa shape index (κ3) is 2.71. The molecule has 6 nitrogen and oxygen atoms in total. The Kier molecular flexibility index (Phi) is 3.53. The molecule has 1 saturated heterocycles. The van der Waals surface area contributed by atoms with Crippen LogP contribution in [-0.4, -0.2) is 36.1 Å². The lowest BCUT2D eigenvalue weighted by molar-refractivity contribution is -0.385. The van der Waals surface area contributed by atoms with Gasteiger partial charge in [0.05, 0.1) is 4.92 Å². The zero-order chi connectivity index (χ0) is 12.3. The quantitative estimate of drug-likeness (QED) is 0.630. The molecule has 1 fully saturated rings. The summed E-state index contributed by atoms with van der Waals surface area (Å²) in [5.74, 6) is 0.815. The van der Waals surface area contributed by atoms with Gasteiger partial charge in [-0.2, -0.15) is 0 Å². The summed E-state index contributed by atoms with van der Waals surface area (Å²) in [7, 11) is 1.96. The average molecular weight is 236 g/mol. The van der Waals surface area contributed by atoms with E-state index in [0.717, 1.165) is 25.3 Å². The number of anilines is 1. The molecule has 1 aliphatic rings. The summed E-state index contributed by atoms with van der Waals surface area (Å²) >= 11 is 0. The third-order valence-corrected chi connectivity index (χ3v) is 3.10. The maximum atomic E-state index is 10.5. The van der Waals surface area contributed by atoms with E-state index in [9.17, 15) is 10.1 Å². The van der Waals surface area contributed by atoms with E-state index in [1.54, 1.807) is 6.07 Å². The molecule has 1 aromatic rings. The minimum Gasteiger partial charge on any atom is -0.355 e. The first-order valence-electron chi connectivity index (χ1n) is 5.73. The first kappa shape index (κ1) is 11.8. The van der Waals surface area contributed by atoms with Crippen molar-refractivity contribution in [1.29, 1.82) is 0 Å². The van der Waals surface area contributed by atoms with Crippen LogP contribution in [-0.2, 0) is 0 Å². The lowest BCUT2D eigenvalue weighted by Gasteiger charge is -2.33. The van der Waals surface area contributed by atoms with Crippen molar-refractivity contribution in [3.63, 3.8) is 0 Å². The monoisotopic (exact) mass is 236 g/mol. The molecule has 92 valence electrons. The predicted octanol–water partition coefficient (Wildman–Crippen LogP) is 1.18. The van der Waals surface area contributed by atoms with Gasteiger partial charge in [-0.15, -0.1) is 0 Å². The molecule has 0 aromatic carbocycles. The number of nitrogens with zero attached hydrogens (tertiary/aromatic N) is 3. The Hall–Kier alpha value is -1.69. The van der Waals surface area contributed by atoms with E-state index >= 15 is 0 Å². The number of aromatic nitrogens is 1. The van der Waals surface area contributed by atoms with Crippen molar-refractivity contribution in [2.24, 2.45) is 0 Å². The smallest absolute Gasteiger partial charge is 0.287 e. The van der Waals surface area contributed by atoms with Gasteiger partial charge in [-0.3, -0.25) is 10.1 Å². The molecule has 0 spiro atoms. The molecule has 2 heterocycles. The second-order valence-corrected chi connectivity index (χ2v) is 4.21. The Morgan fingerprint density at radius 3 is 3.00 bits per heavy atom. The van der Waals surface area contributed by atoms with Crippen molar-refractivity contribution in [2.75, 3.05) is 25.0 Å². The highest BCUT2D eigenvalue weighted by Crippen LogP contribution is 2.19. The Balaban J connectivity index is 2.08. The third-order valence-electron chi connectivity index (χ3n) is 3.10. The van der Waals surface area contributed by atoms with Crippen LogP contribution in [0.2, 0.25) is 0 Å². The lowest BCUT2D eigenvalue weighted by Crippen LogP contribution is -2.44. The predicted molar refractivity (Wildman–Crippen MR) is 65.2 cm³/mol. The summed E-state index contributed by atoms with van der Waals surface area (Å²) in [4.78, 5) is 16.4. The molecule has 0 aliphatic carbocycles. The van der Waals surface area contributed by atoms with Gasteiger partial charge in [0.1, 0.15) is 12.0 Å². The minimum absolute atomic E-state index is 0.0379. The molecule has 0 bridgehead atoms. The molecule has 1 aromatic heterocycles. The number of pyridine rings is 1. The van der Waals surface area contributed by atoms with Gasteiger partial charge in [0.15, 0.2) is 0 Å². The highest BCUT2D eigenvalue weighted by Gasteiger charge is 2.19. The highest BCUT2D eigenvalue weighted by atomic mass is 16.6. The van der Waals surface area contributed by atoms with Crippen LogP contribution >= 0.6 is 0 Å². The minimum atomic E-state index is -0.427. The van der Waals surface area contributed by atoms with Crippen molar-refractivity contribution in [1.82, 2.24) is 10.3 Å². The molecule has 0 unspecified atom stereocenters. The van der Waals surface area contributed by atoms with Crippen LogP contribution in [0.4, 0.5) is 11.5 Å². The van der Waals surface area contributed by atoms with Crippen molar-refractivity contribution < 1.29 is 4.92 Å². The van der Waals surface area contributed by atoms with Crippen LogP contribution in [0.3, 0.4) is 0 Å². The van der Waals surface area contributed by atoms with E-state index in [0.29, 0.717) is 6.04 Å². The van der Waals surface area contributed by atoms with Gasteiger partial charge in [0.25, 0.3) is 5.69 Å². The summed E-state index contributed by atoms with van der Waals surface area (Å²) in [6.07, 6.45) is 3.60. The Morgan fingerprint density at radius 1 is 1.59 bits per heavy atom. The van der Waals surface area contributed by atoms with Gasteiger partial charge < -0.3 is 10.2 Å². The Morgan fingerprint density at radius 2 is 2.41 bits per heavy atom. The van der Waals surface area contributed by atoms with Gasteiger partial charge in [0.2, 0.25) is 0 Å².